The van der Waals surface area contributed by atoms with Crippen LogP contribution in [0.1, 0.15) is 33.1 Å². The predicted octanol–water partition coefficient (Wildman–Crippen LogP) is 0.538. The summed E-state index contributed by atoms with van der Waals surface area (Å²) in [6.07, 6.45) is 2.52. The van der Waals surface area contributed by atoms with E-state index in [0.717, 1.165) is 32.6 Å². The molecule has 5 heteroatoms. The maximum absolute atomic E-state index is 12.0. The van der Waals surface area contributed by atoms with Crippen LogP contribution in [0.3, 0.4) is 0 Å². The molecule has 18 heavy (non-hydrogen) atoms. The van der Waals surface area contributed by atoms with Crippen LogP contribution in [0.5, 0.6) is 0 Å². The van der Waals surface area contributed by atoms with Gasteiger partial charge < -0.3 is 10.1 Å². The van der Waals surface area contributed by atoms with Crippen molar-refractivity contribution in [2.45, 2.75) is 45.2 Å². The summed E-state index contributed by atoms with van der Waals surface area (Å²) in [4.78, 5) is 25.1. The van der Waals surface area contributed by atoms with Gasteiger partial charge in [0.25, 0.3) is 0 Å². The second-order valence-corrected chi connectivity index (χ2v) is 5.44. The molecule has 0 spiro atoms. The Morgan fingerprint density at radius 1 is 1.44 bits per heavy atom. The fraction of sp³-hybridized carbons (Fsp3) is 0.846. The van der Waals surface area contributed by atoms with Crippen LogP contribution in [-0.4, -0.2) is 48.6 Å². The molecule has 2 atom stereocenters. The molecule has 2 fully saturated rings. The highest BCUT2D eigenvalue weighted by atomic mass is 16.5. The van der Waals surface area contributed by atoms with Crippen molar-refractivity contribution < 1.29 is 14.3 Å². The lowest BCUT2D eigenvalue weighted by molar-refractivity contribution is -0.140. The molecule has 0 aliphatic carbocycles. The van der Waals surface area contributed by atoms with E-state index in [-0.39, 0.29) is 23.9 Å². The van der Waals surface area contributed by atoms with E-state index in [1.807, 2.05) is 13.8 Å². The van der Waals surface area contributed by atoms with Gasteiger partial charge in [-0.25, -0.2) is 0 Å². The van der Waals surface area contributed by atoms with Gasteiger partial charge >= 0.3 is 0 Å². The summed E-state index contributed by atoms with van der Waals surface area (Å²) in [5.41, 5.74) is 0. The van der Waals surface area contributed by atoms with Crippen LogP contribution in [0.2, 0.25) is 0 Å². The highest BCUT2D eigenvalue weighted by molar-refractivity contribution is 6.05. The molecule has 2 aliphatic rings. The molecule has 0 aromatic rings. The van der Waals surface area contributed by atoms with E-state index in [1.165, 1.54) is 4.90 Å². The molecular weight excluding hydrogens is 232 g/mol. The molecule has 2 amide bonds. The van der Waals surface area contributed by atoms with Crippen LogP contribution in [-0.2, 0) is 14.3 Å². The molecule has 2 aliphatic heterocycles. The summed E-state index contributed by atoms with van der Waals surface area (Å²) in [6.45, 7) is 6.10. The van der Waals surface area contributed by atoms with Gasteiger partial charge in [-0.3, -0.25) is 14.5 Å². The normalized spacial score (nSPS) is 29.4. The minimum atomic E-state index is -0.332. The third-order valence-electron chi connectivity index (χ3n) is 3.61. The Hall–Kier alpha value is -0.940. The van der Waals surface area contributed by atoms with Crippen molar-refractivity contribution in [2.24, 2.45) is 5.92 Å². The molecule has 2 saturated heterocycles. The number of imide groups is 1. The third-order valence-corrected chi connectivity index (χ3v) is 3.61. The van der Waals surface area contributed by atoms with Crippen molar-refractivity contribution in [3.05, 3.63) is 0 Å². The smallest absolute Gasteiger partial charge is 0.247 e. The van der Waals surface area contributed by atoms with Gasteiger partial charge in [-0.2, -0.15) is 0 Å². The van der Waals surface area contributed by atoms with E-state index in [1.54, 1.807) is 0 Å². The summed E-state index contributed by atoms with van der Waals surface area (Å²) >= 11 is 0. The average molecular weight is 254 g/mol. The standard InChI is InChI=1S/C13H22N2O3/c1-9(2)15-12(16)6-11(13(15)17)14-7-10-4-3-5-18-8-10/h9-11,14H,3-8H2,1-2H3. The number of ether oxygens (including phenoxy) is 1. The van der Waals surface area contributed by atoms with Crippen molar-refractivity contribution >= 4 is 11.8 Å². The fourth-order valence-electron chi connectivity index (χ4n) is 2.63. The zero-order valence-corrected chi connectivity index (χ0v) is 11.1. The van der Waals surface area contributed by atoms with Crippen LogP contribution in [0.25, 0.3) is 0 Å². The fourth-order valence-corrected chi connectivity index (χ4v) is 2.63. The Kier molecular flexibility index (Phi) is 4.35. The maximum atomic E-state index is 12.0. The van der Waals surface area contributed by atoms with E-state index in [9.17, 15) is 9.59 Å². The Bertz CT molecular complexity index is 324. The van der Waals surface area contributed by atoms with Gasteiger partial charge in [-0.1, -0.05) is 0 Å². The van der Waals surface area contributed by atoms with Gasteiger partial charge in [0, 0.05) is 19.2 Å². The van der Waals surface area contributed by atoms with Crippen LogP contribution < -0.4 is 5.32 Å². The van der Waals surface area contributed by atoms with Crippen molar-refractivity contribution in [2.75, 3.05) is 19.8 Å². The number of carbonyl (C=O) groups excluding carboxylic acids is 2. The van der Waals surface area contributed by atoms with E-state index < -0.39 is 0 Å². The molecule has 5 nitrogen and oxygen atoms in total. The van der Waals surface area contributed by atoms with Gasteiger partial charge in [-0.05, 0) is 32.6 Å². The first-order chi connectivity index (χ1) is 8.59. The quantitative estimate of drug-likeness (QED) is 0.744. The minimum Gasteiger partial charge on any atom is -0.381 e. The topological polar surface area (TPSA) is 58.6 Å². The number of nitrogens with one attached hydrogen (secondary N) is 1. The maximum Gasteiger partial charge on any atom is 0.247 e. The number of rotatable bonds is 4. The second kappa shape index (κ2) is 5.80. The zero-order chi connectivity index (χ0) is 13.1. The van der Waals surface area contributed by atoms with Crippen molar-refractivity contribution in [1.82, 2.24) is 10.2 Å². The molecule has 102 valence electrons. The first-order valence-corrected chi connectivity index (χ1v) is 6.76. The van der Waals surface area contributed by atoms with E-state index in [4.69, 9.17) is 4.74 Å². The number of nitrogens with zero attached hydrogens (tertiary/aromatic N) is 1. The number of likely N-dealkylation sites (tertiary alicyclic amines) is 1. The number of hydrogen-bond donors (Lipinski definition) is 1. The van der Waals surface area contributed by atoms with E-state index in [0.29, 0.717) is 12.3 Å². The Balaban J connectivity index is 1.83. The van der Waals surface area contributed by atoms with Gasteiger partial charge in [0.2, 0.25) is 11.8 Å². The van der Waals surface area contributed by atoms with Crippen LogP contribution in [0, 0.1) is 5.92 Å². The molecule has 2 heterocycles. The largest absolute Gasteiger partial charge is 0.381 e. The average Bonchev–Trinajstić information content (AvgIpc) is 2.63. The summed E-state index contributed by atoms with van der Waals surface area (Å²) in [6, 6.07) is -0.378. The highest BCUT2D eigenvalue weighted by Crippen LogP contribution is 2.18. The van der Waals surface area contributed by atoms with Gasteiger partial charge in [-0.15, -0.1) is 0 Å². The first-order valence-electron chi connectivity index (χ1n) is 6.76. The molecule has 0 aromatic carbocycles. The summed E-state index contributed by atoms with van der Waals surface area (Å²) in [7, 11) is 0. The highest BCUT2D eigenvalue weighted by Gasteiger charge is 2.39. The summed E-state index contributed by atoms with van der Waals surface area (Å²) in [5.74, 6) is 0.328. The molecule has 0 radical (unpaired) electrons. The number of amides is 2. The molecule has 1 N–H and O–H groups in total. The van der Waals surface area contributed by atoms with Crippen LogP contribution >= 0.6 is 0 Å². The molecular formula is C13H22N2O3. The number of carbonyl (C=O) groups is 2. The lowest BCUT2D eigenvalue weighted by Gasteiger charge is -2.24. The van der Waals surface area contributed by atoms with E-state index >= 15 is 0 Å². The van der Waals surface area contributed by atoms with Crippen LogP contribution in [0.4, 0.5) is 0 Å². The van der Waals surface area contributed by atoms with Crippen molar-refractivity contribution in [1.29, 1.82) is 0 Å². The SMILES string of the molecule is CC(C)N1C(=O)CC(NCC2CCCOC2)C1=O. The summed E-state index contributed by atoms with van der Waals surface area (Å²) < 4.78 is 5.40. The van der Waals surface area contributed by atoms with Crippen molar-refractivity contribution in [3.8, 4) is 0 Å². The third kappa shape index (κ3) is 2.90. The van der Waals surface area contributed by atoms with Gasteiger partial charge in [0.15, 0.2) is 0 Å². The van der Waals surface area contributed by atoms with Crippen molar-refractivity contribution in [3.63, 3.8) is 0 Å². The van der Waals surface area contributed by atoms with Gasteiger partial charge in [0.05, 0.1) is 19.1 Å². The second-order valence-electron chi connectivity index (χ2n) is 5.44. The summed E-state index contributed by atoms with van der Waals surface area (Å²) in [5, 5.41) is 3.22. The van der Waals surface area contributed by atoms with Crippen LogP contribution in [0.15, 0.2) is 0 Å². The predicted molar refractivity (Wildman–Crippen MR) is 66.9 cm³/mol. The Morgan fingerprint density at radius 2 is 2.22 bits per heavy atom. The van der Waals surface area contributed by atoms with Gasteiger partial charge in [0.1, 0.15) is 0 Å². The molecule has 2 unspecified atom stereocenters. The number of hydrogen-bond acceptors (Lipinski definition) is 4. The molecule has 0 saturated carbocycles. The monoisotopic (exact) mass is 254 g/mol. The lowest BCUT2D eigenvalue weighted by atomic mass is 10.0. The molecule has 2 rings (SSSR count). The first kappa shape index (κ1) is 13.5. The zero-order valence-electron chi connectivity index (χ0n) is 11.1. The minimum absolute atomic E-state index is 0.0465. The Labute approximate surface area is 108 Å². The Morgan fingerprint density at radius 3 is 2.78 bits per heavy atom. The molecule has 0 bridgehead atoms. The lowest BCUT2D eigenvalue weighted by Crippen LogP contribution is -2.43. The van der Waals surface area contributed by atoms with E-state index in [2.05, 4.69) is 5.32 Å². The molecule has 0 aromatic heterocycles.